The number of carbonyl (C=O) groups excluding carboxylic acids is 4. The molecule has 0 saturated heterocycles. The number of hydrogen-bond acceptors (Lipinski definition) is 13. The molecule has 0 saturated carbocycles. The van der Waals surface area contributed by atoms with Crippen LogP contribution in [0.2, 0.25) is 0 Å². The quantitative estimate of drug-likeness (QED) is 0.335. The summed E-state index contributed by atoms with van der Waals surface area (Å²) in [5.74, 6) is -0.778. The number of carbonyl (C=O) groups is 4. The molecule has 0 aliphatic heterocycles. The SMILES string of the molecule is CC(=O)OC(C)(C)C(=O)NC1=CC(=C(C2=C/C(=C/Nn3nnnc3C)C=CC2=O)C2=C/C(=C/Nn3nnnc3C)C=CC2=O)CC=C1. The first-order valence-corrected chi connectivity index (χ1v) is 14.4. The van der Waals surface area contributed by atoms with Gasteiger partial charge < -0.3 is 10.1 Å². The maximum atomic E-state index is 13.5. The van der Waals surface area contributed by atoms with Crippen molar-refractivity contribution in [3.05, 3.63) is 118 Å². The summed E-state index contributed by atoms with van der Waals surface area (Å²) in [6.45, 7) is 7.62. The number of ketones is 2. The van der Waals surface area contributed by atoms with Gasteiger partial charge in [-0.3, -0.25) is 30.0 Å². The molecule has 3 aliphatic carbocycles. The summed E-state index contributed by atoms with van der Waals surface area (Å²) in [5, 5.41) is 25.4. The van der Waals surface area contributed by atoms with Crippen LogP contribution in [0.3, 0.4) is 0 Å². The van der Waals surface area contributed by atoms with E-state index in [0.717, 1.165) is 0 Å². The molecule has 16 heteroatoms. The Bertz CT molecular complexity index is 1840. The predicted octanol–water partition coefficient (Wildman–Crippen LogP) is 1.56. The zero-order chi connectivity index (χ0) is 33.7. The minimum absolute atomic E-state index is 0.250. The lowest BCUT2D eigenvalue weighted by Crippen LogP contribution is -2.44. The lowest BCUT2D eigenvalue weighted by atomic mass is 9.81. The first kappa shape index (κ1) is 32.1. The number of ether oxygens (including phenoxy) is 1. The molecule has 0 bridgehead atoms. The number of tetrazole rings is 2. The van der Waals surface area contributed by atoms with Crippen LogP contribution in [0.15, 0.2) is 106 Å². The highest BCUT2D eigenvalue weighted by Gasteiger charge is 2.32. The fourth-order valence-corrected chi connectivity index (χ4v) is 4.68. The Morgan fingerprint density at radius 3 is 1.83 bits per heavy atom. The van der Waals surface area contributed by atoms with Gasteiger partial charge in [0.25, 0.3) is 5.91 Å². The molecular weight excluding hydrogens is 606 g/mol. The molecule has 2 heterocycles. The molecule has 0 aromatic carbocycles. The van der Waals surface area contributed by atoms with Crippen molar-refractivity contribution in [2.75, 3.05) is 10.9 Å². The largest absolute Gasteiger partial charge is 0.450 e. The summed E-state index contributed by atoms with van der Waals surface area (Å²) in [7, 11) is 0. The third-order valence-electron chi connectivity index (χ3n) is 6.99. The van der Waals surface area contributed by atoms with Gasteiger partial charge in [-0.05, 0) is 120 Å². The van der Waals surface area contributed by atoms with Gasteiger partial charge >= 0.3 is 5.97 Å². The van der Waals surface area contributed by atoms with E-state index in [2.05, 4.69) is 47.2 Å². The fraction of sp³-hybridized carbons (Fsp3) is 0.226. The van der Waals surface area contributed by atoms with Gasteiger partial charge in [0, 0.05) is 41.7 Å². The van der Waals surface area contributed by atoms with Crippen molar-refractivity contribution in [1.29, 1.82) is 0 Å². The molecule has 0 atom stereocenters. The van der Waals surface area contributed by atoms with Crippen LogP contribution >= 0.6 is 0 Å². The topological polar surface area (TPSA) is 201 Å². The number of nitrogens with one attached hydrogen (secondary N) is 3. The van der Waals surface area contributed by atoms with E-state index in [1.54, 1.807) is 68.8 Å². The van der Waals surface area contributed by atoms with E-state index >= 15 is 0 Å². The van der Waals surface area contributed by atoms with Gasteiger partial charge in [0.05, 0.1) is 0 Å². The average molecular weight is 638 g/mol. The highest BCUT2D eigenvalue weighted by molar-refractivity contribution is 6.17. The zero-order valence-corrected chi connectivity index (χ0v) is 26.2. The summed E-state index contributed by atoms with van der Waals surface area (Å²) in [6.07, 6.45) is 18.1. The van der Waals surface area contributed by atoms with Gasteiger partial charge in [-0.2, -0.15) is 0 Å². The maximum Gasteiger partial charge on any atom is 0.303 e. The third-order valence-corrected chi connectivity index (χ3v) is 6.99. The number of hydrogen-bond donors (Lipinski definition) is 3. The Morgan fingerprint density at radius 1 is 0.830 bits per heavy atom. The Labute approximate surface area is 268 Å². The molecule has 3 aliphatic rings. The highest BCUT2D eigenvalue weighted by Crippen LogP contribution is 2.35. The molecule has 47 heavy (non-hydrogen) atoms. The lowest BCUT2D eigenvalue weighted by molar-refractivity contribution is -0.162. The van der Waals surface area contributed by atoms with Crippen molar-refractivity contribution >= 4 is 23.4 Å². The normalized spacial score (nSPS) is 17.8. The van der Waals surface area contributed by atoms with Crippen LogP contribution in [-0.2, 0) is 23.9 Å². The van der Waals surface area contributed by atoms with Crippen LogP contribution in [0.25, 0.3) is 0 Å². The van der Waals surface area contributed by atoms with Gasteiger partial charge in [0.2, 0.25) is 0 Å². The number of nitrogens with zero attached hydrogens (tertiary/aromatic N) is 8. The molecule has 0 spiro atoms. The molecule has 240 valence electrons. The Balaban J connectivity index is 1.59. The highest BCUT2D eigenvalue weighted by atomic mass is 16.6. The molecule has 0 unspecified atom stereocenters. The molecule has 2 aromatic rings. The first-order chi connectivity index (χ1) is 22.4. The summed E-state index contributed by atoms with van der Waals surface area (Å²) in [5.41, 5.74) is 7.53. The Kier molecular flexibility index (Phi) is 9.11. The molecule has 1 amide bonds. The van der Waals surface area contributed by atoms with Crippen molar-refractivity contribution in [2.45, 2.75) is 46.6 Å². The smallest absolute Gasteiger partial charge is 0.303 e. The Hall–Kier alpha value is -6.32. The summed E-state index contributed by atoms with van der Waals surface area (Å²) in [6, 6.07) is 0. The molecule has 2 aromatic heterocycles. The van der Waals surface area contributed by atoms with E-state index in [0.29, 0.717) is 46.1 Å². The molecule has 5 rings (SSSR count). The number of rotatable bonds is 9. The third kappa shape index (κ3) is 7.50. The molecule has 0 fully saturated rings. The van der Waals surface area contributed by atoms with Crippen molar-refractivity contribution in [1.82, 2.24) is 45.9 Å². The van der Waals surface area contributed by atoms with Gasteiger partial charge in [0.15, 0.2) is 28.8 Å². The van der Waals surface area contributed by atoms with Crippen LogP contribution in [0.1, 0.15) is 38.8 Å². The van der Waals surface area contributed by atoms with Crippen LogP contribution in [0.5, 0.6) is 0 Å². The van der Waals surface area contributed by atoms with E-state index in [1.807, 2.05) is 0 Å². The standard InChI is InChI=1S/C31H31N11O5/c1-18-35-37-39-41(18)32-16-21-9-11-27(44)25(13-21)29(23-7-6-8-24(15-23)34-30(46)31(4,5)47-20(3)43)26-14-22(10-12-28(26)45)17-33-42-19(2)36-38-40-42/h6,8-17,32-33H,7H2,1-5H3,(H,34,46)/b21-16+,22-17+. The average Bonchev–Trinajstić information content (AvgIpc) is 3.63. The number of esters is 1. The maximum absolute atomic E-state index is 13.5. The number of amides is 1. The van der Waals surface area contributed by atoms with Gasteiger partial charge in [-0.25, -0.2) is 0 Å². The molecule has 3 N–H and O–H groups in total. The van der Waals surface area contributed by atoms with Crippen molar-refractivity contribution in [3.8, 4) is 0 Å². The molecule has 0 radical (unpaired) electrons. The molecule has 16 nitrogen and oxygen atoms in total. The van der Waals surface area contributed by atoms with Crippen LogP contribution in [0.4, 0.5) is 0 Å². The number of aryl methyl sites for hydroxylation is 2. The van der Waals surface area contributed by atoms with Gasteiger partial charge in [0.1, 0.15) is 0 Å². The van der Waals surface area contributed by atoms with E-state index in [1.165, 1.54) is 42.5 Å². The van der Waals surface area contributed by atoms with E-state index in [9.17, 15) is 19.2 Å². The Morgan fingerprint density at radius 2 is 1.36 bits per heavy atom. The van der Waals surface area contributed by atoms with E-state index in [-0.39, 0.29) is 22.7 Å². The predicted molar refractivity (Wildman–Crippen MR) is 167 cm³/mol. The molecular formula is C31H31N11O5. The van der Waals surface area contributed by atoms with Crippen LogP contribution < -0.4 is 16.2 Å². The van der Waals surface area contributed by atoms with Crippen LogP contribution in [-0.4, -0.2) is 69.7 Å². The van der Waals surface area contributed by atoms with Gasteiger partial charge in [-0.15, -0.1) is 19.8 Å². The lowest BCUT2D eigenvalue weighted by Gasteiger charge is -2.25. The fourth-order valence-electron chi connectivity index (χ4n) is 4.68. The monoisotopic (exact) mass is 637 g/mol. The minimum atomic E-state index is -1.45. The second-order valence-corrected chi connectivity index (χ2v) is 11.0. The number of aromatic nitrogens is 8. The zero-order valence-electron chi connectivity index (χ0n) is 26.2. The van der Waals surface area contributed by atoms with Crippen molar-refractivity contribution < 1.29 is 23.9 Å². The second-order valence-electron chi connectivity index (χ2n) is 11.0. The first-order valence-electron chi connectivity index (χ1n) is 14.4. The number of allylic oxidation sites excluding steroid dienone is 15. The van der Waals surface area contributed by atoms with Crippen molar-refractivity contribution in [3.63, 3.8) is 0 Å². The van der Waals surface area contributed by atoms with E-state index < -0.39 is 17.5 Å². The minimum Gasteiger partial charge on any atom is -0.450 e. The van der Waals surface area contributed by atoms with Crippen LogP contribution in [0, 0.1) is 13.8 Å². The summed E-state index contributed by atoms with van der Waals surface area (Å²) in [4.78, 5) is 54.3. The summed E-state index contributed by atoms with van der Waals surface area (Å²) >= 11 is 0. The van der Waals surface area contributed by atoms with E-state index in [4.69, 9.17) is 4.74 Å². The summed E-state index contributed by atoms with van der Waals surface area (Å²) < 4.78 is 5.18. The van der Waals surface area contributed by atoms with Crippen molar-refractivity contribution in [2.24, 2.45) is 0 Å². The van der Waals surface area contributed by atoms with Gasteiger partial charge in [-0.1, -0.05) is 6.08 Å². The second kappa shape index (κ2) is 13.4.